The minimum Gasteiger partial charge on any atom is -0.481 e. The quantitative estimate of drug-likeness (QED) is 0.537. The molecule has 0 aliphatic carbocycles. The number of nitrogens with one attached hydrogen (secondary N) is 3. The number of amides is 2. The summed E-state index contributed by atoms with van der Waals surface area (Å²) in [6.07, 6.45) is -0.164. The zero-order chi connectivity index (χ0) is 12.9. The van der Waals surface area contributed by atoms with Crippen molar-refractivity contribution in [3.05, 3.63) is 5.82 Å². The Kier molecular flexibility index (Phi) is 3.96. The molecule has 0 unspecified atom stereocenters. The molecular formula is C8H14N6O3. The molecule has 17 heavy (non-hydrogen) atoms. The third-order valence-corrected chi connectivity index (χ3v) is 1.84. The van der Waals surface area contributed by atoms with Gasteiger partial charge in [0, 0.05) is 5.54 Å². The Labute approximate surface area is 97.0 Å². The van der Waals surface area contributed by atoms with Crippen LogP contribution in [0.3, 0.4) is 0 Å². The Morgan fingerprint density at radius 1 is 1.47 bits per heavy atom. The zero-order valence-corrected chi connectivity index (χ0v) is 9.52. The fourth-order valence-corrected chi connectivity index (χ4v) is 1.19. The van der Waals surface area contributed by atoms with E-state index in [1.165, 1.54) is 0 Å². The Morgan fingerprint density at radius 3 is 2.71 bits per heavy atom. The average Bonchev–Trinajstić information content (AvgIpc) is 2.63. The molecule has 0 aliphatic heterocycles. The van der Waals surface area contributed by atoms with E-state index in [0.717, 1.165) is 0 Å². The summed E-state index contributed by atoms with van der Waals surface area (Å²) in [5, 5.41) is 26.5. The van der Waals surface area contributed by atoms with E-state index in [-0.39, 0.29) is 13.0 Å². The van der Waals surface area contributed by atoms with Crippen LogP contribution in [0.4, 0.5) is 4.79 Å². The number of aromatic nitrogens is 4. The third-order valence-electron chi connectivity index (χ3n) is 1.84. The van der Waals surface area contributed by atoms with Gasteiger partial charge >= 0.3 is 12.0 Å². The summed E-state index contributed by atoms with van der Waals surface area (Å²) in [7, 11) is 0. The van der Waals surface area contributed by atoms with Gasteiger partial charge in [0.2, 0.25) is 0 Å². The van der Waals surface area contributed by atoms with E-state index in [1.807, 2.05) is 0 Å². The van der Waals surface area contributed by atoms with Gasteiger partial charge in [-0.1, -0.05) is 5.21 Å². The molecule has 9 nitrogen and oxygen atoms in total. The second-order valence-electron chi connectivity index (χ2n) is 4.09. The van der Waals surface area contributed by atoms with Crippen molar-refractivity contribution in [3.8, 4) is 0 Å². The maximum absolute atomic E-state index is 11.4. The highest BCUT2D eigenvalue weighted by molar-refractivity contribution is 5.76. The van der Waals surface area contributed by atoms with Crippen molar-refractivity contribution in [3.63, 3.8) is 0 Å². The van der Waals surface area contributed by atoms with Crippen LogP contribution in [0.2, 0.25) is 0 Å². The van der Waals surface area contributed by atoms with Crippen LogP contribution in [0.5, 0.6) is 0 Å². The number of carboxylic acid groups (broad SMARTS) is 1. The normalized spacial score (nSPS) is 10.9. The Hall–Kier alpha value is -2.19. The van der Waals surface area contributed by atoms with Crippen LogP contribution in [0, 0.1) is 0 Å². The minimum atomic E-state index is -0.978. The molecular weight excluding hydrogens is 228 g/mol. The lowest BCUT2D eigenvalue weighted by molar-refractivity contribution is -0.138. The first-order valence-corrected chi connectivity index (χ1v) is 4.89. The molecule has 0 radical (unpaired) electrons. The fraction of sp³-hybridized carbons (Fsp3) is 0.625. The summed E-state index contributed by atoms with van der Waals surface area (Å²) in [5.74, 6) is -0.635. The minimum absolute atomic E-state index is 0.117. The molecule has 1 heterocycles. The van der Waals surface area contributed by atoms with E-state index in [0.29, 0.717) is 5.82 Å². The smallest absolute Gasteiger partial charge is 0.315 e. The molecule has 0 aliphatic rings. The van der Waals surface area contributed by atoms with E-state index in [1.54, 1.807) is 13.8 Å². The highest BCUT2D eigenvalue weighted by atomic mass is 16.4. The first-order chi connectivity index (χ1) is 7.89. The van der Waals surface area contributed by atoms with Gasteiger partial charge in [0.05, 0.1) is 13.0 Å². The fourth-order valence-electron chi connectivity index (χ4n) is 1.19. The number of carboxylic acids is 1. The summed E-state index contributed by atoms with van der Waals surface area (Å²) in [5.41, 5.74) is -0.826. The summed E-state index contributed by atoms with van der Waals surface area (Å²) in [6.45, 7) is 3.36. The number of carbonyl (C=O) groups excluding carboxylic acids is 1. The Balaban J connectivity index is 2.36. The number of aromatic amines is 1. The van der Waals surface area contributed by atoms with Crippen molar-refractivity contribution in [1.29, 1.82) is 0 Å². The molecule has 4 N–H and O–H groups in total. The lowest BCUT2D eigenvalue weighted by Crippen LogP contribution is -2.49. The van der Waals surface area contributed by atoms with Crippen molar-refractivity contribution < 1.29 is 14.7 Å². The number of H-pyrrole nitrogens is 1. The van der Waals surface area contributed by atoms with E-state index in [4.69, 9.17) is 5.11 Å². The van der Waals surface area contributed by atoms with Gasteiger partial charge in [-0.15, -0.1) is 10.2 Å². The number of tetrazole rings is 1. The van der Waals surface area contributed by atoms with Crippen LogP contribution in [0.1, 0.15) is 26.1 Å². The Morgan fingerprint density at radius 2 is 2.18 bits per heavy atom. The van der Waals surface area contributed by atoms with Gasteiger partial charge in [-0.05, 0) is 13.8 Å². The molecule has 1 rings (SSSR count). The largest absolute Gasteiger partial charge is 0.481 e. The predicted octanol–water partition coefficient (Wildman–Crippen LogP) is -0.748. The third kappa shape index (κ3) is 4.91. The highest BCUT2D eigenvalue weighted by Crippen LogP contribution is 2.07. The zero-order valence-electron chi connectivity index (χ0n) is 9.52. The number of urea groups is 1. The van der Waals surface area contributed by atoms with Crippen LogP contribution < -0.4 is 10.6 Å². The van der Waals surface area contributed by atoms with Crippen LogP contribution >= 0.6 is 0 Å². The molecule has 0 saturated carbocycles. The van der Waals surface area contributed by atoms with Crippen molar-refractivity contribution >= 4 is 12.0 Å². The summed E-state index contributed by atoms with van der Waals surface area (Å²) >= 11 is 0. The van der Waals surface area contributed by atoms with Crippen molar-refractivity contribution in [2.24, 2.45) is 0 Å². The first-order valence-electron chi connectivity index (χ1n) is 4.89. The molecule has 9 heteroatoms. The Bertz CT molecular complexity index is 388. The maximum atomic E-state index is 11.4. The molecule has 0 spiro atoms. The monoisotopic (exact) mass is 242 g/mol. The van der Waals surface area contributed by atoms with Gasteiger partial charge in [0.15, 0.2) is 5.82 Å². The second-order valence-corrected chi connectivity index (χ2v) is 4.09. The van der Waals surface area contributed by atoms with Crippen LogP contribution in [-0.2, 0) is 11.3 Å². The van der Waals surface area contributed by atoms with E-state index < -0.39 is 17.5 Å². The summed E-state index contributed by atoms with van der Waals surface area (Å²) in [6, 6.07) is -0.485. The van der Waals surface area contributed by atoms with Crippen LogP contribution in [0.15, 0.2) is 0 Å². The molecule has 1 aromatic rings. The van der Waals surface area contributed by atoms with Crippen molar-refractivity contribution in [2.45, 2.75) is 32.4 Å². The molecule has 0 aromatic carbocycles. The highest BCUT2D eigenvalue weighted by Gasteiger charge is 2.23. The number of aliphatic carboxylic acids is 1. The first kappa shape index (κ1) is 12.9. The summed E-state index contributed by atoms with van der Waals surface area (Å²) in [4.78, 5) is 22.0. The van der Waals surface area contributed by atoms with Crippen molar-refractivity contribution in [1.82, 2.24) is 31.3 Å². The summed E-state index contributed by atoms with van der Waals surface area (Å²) < 4.78 is 0. The van der Waals surface area contributed by atoms with Gasteiger partial charge in [-0.3, -0.25) is 4.79 Å². The maximum Gasteiger partial charge on any atom is 0.315 e. The number of nitrogens with zero attached hydrogens (tertiary/aromatic N) is 3. The number of rotatable bonds is 5. The molecule has 94 valence electrons. The van der Waals surface area contributed by atoms with Crippen LogP contribution in [0.25, 0.3) is 0 Å². The lowest BCUT2D eigenvalue weighted by atomic mass is 10.0. The van der Waals surface area contributed by atoms with Gasteiger partial charge in [0.1, 0.15) is 0 Å². The molecule has 0 atom stereocenters. The van der Waals surface area contributed by atoms with Crippen molar-refractivity contribution in [2.75, 3.05) is 0 Å². The van der Waals surface area contributed by atoms with Gasteiger partial charge < -0.3 is 15.7 Å². The number of hydrogen-bond donors (Lipinski definition) is 4. The molecule has 0 fully saturated rings. The van der Waals surface area contributed by atoms with Crippen LogP contribution in [-0.4, -0.2) is 43.3 Å². The van der Waals surface area contributed by atoms with E-state index >= 15 is 0 Å². The second kappa shape index (κ2) is 5.23. The SMILES string of the molecule is CC(C)(CC(=O)O)NC(=O)NCc1nn[nH]n1. The van der Waals surface area contributed by atoms with Gasteiger partial charge in [-0.25, -0.2) is 4.79 Å². The number of carbonyl (C=O) groups is 2. The van der Waals surface area contributed by atoms with Gasteiger partial charge in [0.25, 0.3) is 0 Å². The lowest BCUT2D eigenvalue weighted by Gasteiger charge is -2.24. The molecule has 2 amide bonds. The topological polar surface area (TPSA) is 133 Å². The molecule has 0 saturated heterocycles. The molecule has 1 aromatic heterocycles. The predicted molar refractivity (Wildman–Crippen MR) is 55.9 cm³/mol. The standard InChI is InChI=1S/C8H14N6O3/c1-8(2,3-6(15)16)10-7(17)9-4-5-11-13-14-12-5/h3-4H2,1-2H3,(H,15,16)(H2,9,10,17)(H,11,12,13,14). The van der Waals surface area contributed by atoms with E-state index in [2.05, 4.69) is 31.3 Å². The van der Waals surface area contributed by atoms with Gasteiger partial charge in [-0.2, -0.15) is 5.21 Å². The molecule has 0 bridgehead atoms. The van der Waals surface area contributed by atoms with E-state index in [9.17, 15) is 9.59 Å². The number of hydrogen-bond acceptors (Lipinski definition) is 5. The average molecular weight is 242 g/mol.